The van der Waals surface area contributed by atoms with Gasteiger partial charge in [-0.2, -0.15) is 0 Å². The van der Waals surface area contributed by atoms with Crippen LogP contribution in [0.15, 0.2) is 29.2 Å². The number of nitrogens with one attached hydrogen (secondary N) is 2. The van der Waals surface area contributed by atoms with Crippen LogP contribution in [0.1, 0.15) is 6.92 Å². The third-order valence-electron chi connectivity index (χ3n) is 2.20. The quantitative estimate of drug-likeness (QED) is 0.717. The highest BCUT2D eigenvalue weighted by Crippen LogP contribution is 2.12. The van der Waals surface area contributed by atoms with Gasteiger partial charge in [-0.1, -0.05) is 0 Å². The normalized spacial score (nSPS) is 11.4. The van der Waals surface area contributed by atoms with E-state index in [-0.39, 0.29) is 11.4 Å². The van der Waals surface area contributed by atoms with Gasteiger partial charge in [0.05, 0.1) is 11.5 Å². The molecule has 0 amide bonds. The lowest BCUT2D eigenvalue weighted by atomic mass is 10.3. The predicted octanol–water partition coefficient (Wildman–Crippen LogP) is 1.04. The van der Waals surface area contributed by atoms with Crippen LogP contribution in [0, 0.1) is 0 Å². The highest BCUT2D eigenvalue weighted by Gasteiger charge is 2.12. The number of anilines is 1. The van der Waals surface area contributed by atoms with Gasteiger partial charge in [0.25, 0.3) is 0 Å². The lowest BCUT2D eigenvalue weighted by Crippen LogP contribution is -2.27. The lowest BCUT2D eigenvalue weighted by molar-refractivity contribution is 0.153. The Kier molecular flexibility index (Phi) is 5.40. The van der Waals surface area contributed by atoms with Gasteiger partial charge in [0.15, 0.2) is 0 Å². The monoisotopic (exact) mass is 258 g/mol. The number of benzene rings is 1. The molecule has 96 valence electrons. The van der Waals surface area contributed by atoms with Crippen LogP contribution < -0.4 is 10.0 Å². The molecular formula is C11H18N2O3S. The second-order valence-electron chi connectivity index (χ2n) is 3.37. The van der Waals surface area contributed by atoms with Gasteiger partial charge in [0, 0.05) is 25.9 Å². The van der Waals surface area contributed by atoms with Crippen molar-refractivity contribution in [2.45, 2.75) is 11.8 Å². The minimum absolute atomic E-state index is 0.257. The SMILES string of the molecule is CCOCCNS(=O)(=O)c1ccc(NC)cc1. The van der Waals surface area contributed by atoms with Gasteiger partial charge >= 0.3 is 0 Å². The summed E-state index contributed by atoms with van der Waals surface area (Å²) in [5.74, 6) is 0. The van der Waals surface area contributed by atoms with Crippen molar-refractivity contribution in [3.05, 3.63) is 24.3 Å². The molecule has 0 heterocycles. The minimum atomic E-state index is -3.42. The molecule has 1 aromatic rings. The van der Waals surface area contributed by atoms with Gasteiger partial charge in [0.1, 0.15) is 0 Å². The summed E-state index contributed by atoms with van der Waals surface area (Å²) >= 11 is 0. The van der Waals surface area contributed by atoms with E-state index < -0.39 is 10.0 Å². The Balaban J connectivity index is 2.62. The molecule has 0 bridgehead atoms. The average Bonchev–Trinajstić information content (AvgIpc) is 2.35. The molecule has 1 rings (SSSR count). The van der Waals surface area contributed by atoms with Crippen molar-refractivity contribution < 1.29 is 13.2 Å². The van der Waals surface area contributed by atoms with Gasteiger partial charge in [-0.3, -0.25) is 0 Å². The zero-order valence-electron chi connectivity index (χ0n) is 10.1. The molecular weight excluding hydrogens is 240 g/mol. The summed E-state index contributed by atoms with van der Waals surface area (Å²) in [4.78, 5) is 0.257. The average molecular weight is 258 g/mol. The molecule has 6 heteroatoms. The maximum absolute atomic E-state index is 11.8. The first-order valence-corrected chi connectivity index (χ1v) is 6.93. The van der Waals surface area contributed by atoms with E-state index in [1.807, 2.05) is 6.92 Å². The van der Waals surface area contributed by atoms with Crippen molar-refractivity contribution >= 4 is 15.7 Å². The highest BCUT2D eigenvalue weighted by molar-refractivity contribution is 7.89. The van der Waals surface area contributed by atoms with Crippen LogP contribution in [0.3, 0.4) is 0 Å². The van der Waals surface area contributed by atoms with E-state index in [0.29, 0.717) is 13.2 Å². The van der Waals surface area contributed by atoms with E-state index in [0.717, 1.165) is 5.69 Å². The Morgan fingerprint density at radius 1 is 1.24 bits per heavy atom. The smallest absolute Gasteiger partial charge is 0.240 e. The van der Waals surface area contributed by atoms with Crippen LogP contribution in [0.5, 0.6) is 0 Å². The molecule has 0 saturated heterocycles. The highest BCUT2D eigenvalue weighted by atomic mass is 32.2. The second-order valence-corrected chi connectivity index (χ2v) is 5.14. The Labute approximate surface area is 102 Å². The fourth-order valence-electron chi connectivity index (χ4n) is 1.28. The molecule has 0 aliphatic rings. The fourth-order valence-corrected chi connectivity index (χ4v) is 2.29. The van der Waals surface area contributed by atoms with Crippen molar-refractivity contribution in [1.29, 1.82) is 0 Å². The van der Waals surface area contributed by atoms with Crippen molar-refractivity contribution in [3.8, 4) is 0 Å². The van der Waals surface area contributed by atoms with Gasteiger partial charge < -0.3 is 10.1 Å². The van der Waals surface area contributed by atoms with Crippen LogP contribution >= 0.6 is 0 Å². The summed E-state index contributed by atoms with van der Waals surface area (Å²) in [5, 5.41) is 2.93. The summed E-state index contributed by atoms with van der Waals surface area (Å²) in [6.07, 6.45) is 0. The van der Waals surface area contributed by atoms with Crippen LogP contribution in [0.4, 0.5) is 5.69 Å². The molecule has 0 aliphatic heterocycles. The third-order valence-corrected chi connectivity index (χ3v) is 3.67. The first-order chi connectivity index (χ1) is 8.10. The molecule has 0 aliphatic carbocycles. The molecule has 0 atom stereocenters. The van der Waals surface area contributed by atoms with Gasteiger partial charge in [-0.15, -0.1) is 0 Å². The van der Waals surface area contributed by atoms with Gasteiger partial charge in [0.2, 0.25) is 10.0 Å². The van der Waals surface area contributed by atoms with Gasteiger partial charge in [-0.25, -0.2) is 13.1 Å². The molecule has 0 spiro atoms. The van der Waals surface area contributed by atoms with E-state index >= 15 is 0 Å². The lowest BCUT2D eigenvalue weighted by Gasteiger charge is -2.07. The van der Waals surface area contributed by atoms with E-state index in [4.69, 9.17) is 4.74 Å². The van der Waals surface area contributed by atoms with Crippen LogP contribution in [0.2, 0.25) is 0 Å². The molecule has 1 aromatic carbocycles. The second kappa shape index (κ2) is 6.58. The van der Waals surface area contributed by atoms with Gasteiger partial charge in [-0.05, 0) is 31.2 Å². The van der Waals surface area contributed by atoms with Crippen molar-refractivity contribution in [2.24, 2.45) is 0 Å². The van der Waals surface area contributed by atoms with E-state index in [9.17, 15) is 8.42 Å². The Morgan fingerprint density at radius 2 is 1.88 bits per heavy atom. The van der Waals surface area contributed by atoms with Crippen LogP contribution in [-0.4, -0.2) is 35.2 Å². The van der Waals surface area contributed by atoms with Crippen molar-refractivity contribution in [3.63, 3.8) is 0 Å². The largest absolute Gasteiger partial charge is 0.388 e. The molecule has 17 heavy (non-hydrogen) atoms. The number of hydrogen-bond donors (Lipinski definition) is 2. The summed E-state index contributed by atoms with van der Waals surface area (Å²) in [7, 11) is -1.64. The minimum Gasteiger partial charge on any atom is -0.388 e. The molecule has 0 aromatic heterocycles. The zero-order chi connectivity index (χ0) is 12.7. The first kappa shape index (κ1) is 14.0. The third kappa shape index (κ3) is 4.33. The Morgan fingerprint density at radius 3 is 2.41 bits per heavy atom. The Hall–Kier alpha value is -1.11. The summed E-state index contributed by atoms with van der Waals surface area (Å²) in [5.41, 5.74) is 0.873. The molecule has 5 nitrogen and oxygen atoms in total. The van der Waals surface area contributed by atoms with E-state index in [1.54, 1.807) is 31.3 Å². The number of ether oxygens (including phenoxy) is 1. The number of rotatable bonds is 7. The van der Waals surface area contributed by atoms with E-state index in [2.05, 4.69) is 10.0 Å². The summed E-state index contributed by atoms with van der Waals surface area (Å²) in [6.45, 7) is 3.11. The van der Waals surface area contributed by atoms with E-state index in [1.165, 1.54) is 0 Å². The summed E-state index contributed by atoms with van der Waals surface area (Å²) in [6, 6.07) is 6.57. The Bertz CT molecular complexity index is 429. The maximum Gasteiger partial charge on any atom is 0.240 e. The molecule has 2 N–H and O–H groups in total. The van der Waals surface area contributed by atoms with Crippen molar-refractivity contribution in [2.75, 3.05) is 32.1 Å². The fraction of sp³-hybridized carbons (Fsp3) is 0.455. The molecule has 0 saturated carbocycles. The summed E-state index contributed by atoms with van der Waals surface area (Å²) < 4.78 is 31.2. The number of hydrogen-bond acceptors (Lipinski definition) is 4. The standard InChI is InChI=1S/C11H18N2O3S/c1-3-16-9-8-13-17(14,15)11-6-4-10(12-2)5-7-11/h4-7,12-13H,3,8-9H2,1-2H3. The molecule has 0 unspecified atom stereocenters. The van der Waals surface area contributed by atoms with Crippen LogP contribution in [0.25, 0.3) is 0 Å². The molecule has 0 fully saturated rings. The van der Waals surface area contributed by atoms with Crippen LogP contribution in [-0.2, 0) is 14.8 Å². The zero-order valence-corrected chi connectivity index (χ0v) is 10.9. The topological polar surface area (TPSA) is 67.4 Å². The predicted molar refractivity (Wildman–Crippen MR) is 67.7 cm³/mol. The maximum atomic E-state index is 11.8. The number of sulfonamides is 1. The molecule has 0 radical (unpaired) electrons. The first-order valence-electron chi connectivity index (χ1n) is 5.45. The van der Waals surface area contributed by atoms with Crippen molar-refractivity contribution in [1.82, 2.24) is 4.72 Å².